The van der Waals surface area contributed by atoms with Crippen LogP contribution in [0.5, 0.6) is 0 Å². The maximum absolute atomic E-state index is 10.00. The molecular formula is C13H22O4. The highest BCUT2D eigenvalue weighted by atomic mass is 16.7. The van der Waals surface area contributed by atoms with Crippen LogP contribution < -0.4 is 0 Å². The molecule has 0 aromatic heterocycles. The monoisotopic (exact) mass is 242 g/mol. The van der Waals surface area contributed by atoms with E-state index in [0.717, 1.165) is 12.2 Å². The average Bonchev–Trinajstić information content (AvgIpc) is 2.80. The van der Waals surface area contributed by atoms with Gasteiger partial charge in [0, 0.05) is 5.92 Å². The molecule has 0 aromatic carbocycles. The Labute approximate surface area is 103 Å². The number of hydrogen-bond acceptors (Lipinski definition) is 4. The van der Waals surface area contributed by atoms with Crippen LogP contribution in [0.2, 0.25) is 0 Å². The standard InChI is InChI=1S/C13H22O4/c1-5-8(2)10-6-9(14)12(16-10)11-7-15-13(3,4)17-11/h6,8-9,11-12,14H,5,7H2,1-4H3/t8?,9-,11-,12+/m1/s1. The number of rotatable bonds is 3. The molecule has 4 heteroatoms. The maximum atomic E-state index is 10.00. The molecule has 0 saturated carbocycles. The van der Waals surface area contributed by atoms with Gasteiger partial charge in [-0.3, -0.25) is 0 Å². The zero-order chi connectivity index (χ0) is 12.6. The molecule has 0 amide bonds. The second kappa shape index (κ2) is 4.59. The minimum Gasteiger partial charge on any atom is -0.489 e. The van der Waals surface area contributed by atoms with E-state index >= 15 is 0 Å². The molecule has 2 heterocycles. The van der Waals surface area contributed by atoms with E-state index in [4.69, 9.17) is 14.2 Å². The molecule has 1 unspecified atom stereocenters. The molecule has 1 fully saturated rings. The van der Waals surface area contributed by atoms with Gasteiger partial charge < -0.3 is 19.3 Å². The molecule has 4 nitrogen and oxygen atoms in total. The largest absolute Gasteiger partial charge is 0.489 e. The van der Waals surface area contributed by atoms with E-state index in [1.54, 1.807) is 6.08 Å². The molecular weight excluding hydrogens is 220 g/mol. The molecule has 1 saturated heterocycles. The highest BCUT2D eigenvalue weighted by Crippen LogP contribution is 2.33. The molecule has 2 rings (SSSR count). The van der Waals surface area contributed by atoms with Crippen molar-refractivity contribution < 1.29 is 19.3 Å². The topological polar surface area (TPSA) is 47.9 Å². The minimum atomic E-state index is -0.596. The van der Waals surface area contributed by atoms with E-state index in [1.807, 2.05) is 13.8 Å². The fraction of sp³-hybridized carbons (Fsp3) is 0.846. The first kappa shape index (κ1) is 12.9. The average molecular weight is 242 g/mol. The summed E-state index contributed by atoms with van der Waals surface area (Å²) in [6, 6.07) is 0. The summed E-state index contributed by atoms with van der Waals surface area (Å²) in [4.78, 5) is 0. The molecule has 4 atom stereocenters. The third kappa shape index (κ3) is 2.64. The summed E-state index contributed by atoms with van der Waals surface area (Å²) >= 11 is 0. The van der Waals surface area contributed by atoms with Gasteiger partial charge in [-0.1, -0.05) is 13.8 Å². The first-order chi connectivity index (χ1) is 7.93. The number of aliphatic hydroxyl groups is 1. The van der Waals surface area contributed by atoms with Gasteiger partial charge in [0.2, 0.25) is 0 Å². The van der Waals surface area contributed by atoms with Crippen molar-refractivity contribution >= 4 is 0 Å². The van der Waals surface area contributed by atoms with Gasteiger partial charge in [-0.15, -0.1) is 0 Å². The smallest absolute Gasteiger partial charge is 0.163 e. The van der Waals surface area contributed by atoms with Crippen molar-refractivity contribution in [1.82, 2.24) is 0 Å². The summed E-state index contributed by atoms with van der Waals surface area (Å²) in [5.74, 6) is 0.635. The Morgan fingerprint density at radius 2 is 2.24 bits per heavy atom. The van der Waals surface area contributed by atoms with E-state index in [-0.39, 0.29) is 12.2 Å². The first-order valence-corrected chi connectivity index (χ1v) is 6.31. The predicted octanol–water partition coefficient (Wildman–Crippen LogP) is 1.83. The molecule has 0 radical (unpaired) electrons. The normalized spacial score (nSPS) is 37.7. The zero-order valence-electron chi connectivity index (χ0n) is 11.0. The summed E-state index contributed by atoms with van der Waals surface area (Å²) in [5, 5.41) is 10.00. The Balaban J connectivity index is 1.98. The second-order valence-electron chi connectivity index (χ2n) is 5.32. The van der Waals surface area contributed by atoms with Crippen molar-refractivity contribution in [3.63, 3.8) is 0 Å². The summed E-state index contributed by atoms with van der Waals surface area (Å²) in [5.41, 5.74) is 0. The molecule has 17 heavy (non-hydrogen) atoms. The Bertz CT molecular complexity index is 311. The van der Waals surface area contributed by atoms with Crippen molar-refractivity contribution in [3.05, 3.63) is 11.8 Å². The van der Waals surface area contributed by atoms with E-state index in [9.17, 15) is 5.11 Å². The minimum absolute atomic E-state index is 0.196. The third-order valence-electron chi connectivity index (χ3n) is 3.44. The van der Waals surface area contributed by atoms with Crippen LogP contribution in [0.4, 0.5) is 0 Å². The van der Waals surface area contributed by atoms with Gasteiger partial charge in [0.05, 0.1) is 12.4 Å². The molecule has 2 aliphatic heterocycles. The highest BCUT2D eigenvalue weighted by Gasteiger charge is 2.44. The zero-order valence-corrected chi connectivity index (χ0v) is 11.0. The lowest BCUT2D eigenvalue weighted by Crippen LogP contribution is -2.38. The van der Waals surface area contributed by atoms with Gasteiger partial charge in [0.1, 0.15) is 12.2 Å². The lowest BCUT2D eigenvalue weighted by molar-refractivity contribution is -0.157. The van der Waals surface area contributed by atoms with E-state index < -0.39 is 11.9 Å². The summed E-state index contributed by atoms with van der Waals surface area (Å²) in [6.45, 7) is 8.41. The molecule has 0 bridgehead atoms. The summed E-state index contributed by atoms with van der Waals surface area (Å²) in [7, 11) is 0. The fourth-order valence-electron chi connectivity index (χ4n) is 2.18. The quantitative estimate of drug-likeness (QED) is 0.820. The van der Waals surface area contributed by atoms with Crippen LogP contribution in [-0.2, 0) is 14.2 Å². The van der Waals surface area contributed by atoms with Gasteiger partial charge in [-0.25, -0.2) is 0 Å². The van der Waals surface area contributed by atoms with Gasteiger partial charge in [-0.05, 0) is 26.3 Å². The van der Waals surface area contributed by atoms with E-state index in [2.05, 4.69) is 13.8 Å². The number of hydrogen-bond donors (Lipinski definition) is 1. The van der Waals surface area contributed by atoms with Crippen LogP contribution in [0.15, 0.2) is 11.8 Å². The van der Waals surface area contributed by atoms with Crippen LogP contribution >= 0.6 is 0 Å². The van der Waals surface area contributed by atoms with Crippen molar-refractivity contribution in [1.29, 1.82) is 0 Å². The highest BCUT2D eigenvalue weighted by molar-refractivity contribution is 5.11. The summed E-state index contributed by atoms with van der Waals surface area (Å²) in [6.07, 6.45) is 1.67. The Morgan fingerprint density at radius 1 is 1.53 bits per heavy atom. The van der Waals surface area contributed by atoms with E-state index in [0.29, 0.717) is 12.5 Å². The molecule has 0 spiro atoms. The third-order valence-corrected chi connectivity index (χ3v) is 3.44. The molecule has 0 aromatic rings. The first-order valence-electron chi connectivity index (χ1n) is 6.31. The van der Waals surface area contributed by atoms with Gasteiger partial charge >= 0.3 is 0 Å². The van der Waals surface area contributed by atoms with Crippen LogP contribution in [0, 0.1) is 5.92 Å². The Hall–Kier alpha value is -0.580. The van der Waals surface area contributed by atoms with Crippen LogP contribution in [0.1, 0.15) is 34.1 Å². The number of aliphatic hydroxyl groups excluding tert-OH is 1. The second-order valence-corrected chi connectivity index (χ2v) is 5.32. The number of ether oxygens (including phenoxy) is 3. The van der Waals surface area contributed by atoms with Crippen molar-refractivity contribution in [3.8, 4) is 0 Å². The molecule has 1 N–H and O–H groups in total. The lowest BCUT2D eigenvalue weighted by Gasteiger charge is -2.24. The maximum Gasteiger partial charge on any atom is 0.163 e. The van der Waals surface area contributed by atoms with Crippen molar-refractivity contribution in [2.45, 2.75) is 58.2 Å². The molecule has 98 valence electrons. The van der Waals surface area contributed by atoms with Gasteiger partial charge in [-0.2, -0.15) is 0 Å². The van der Waals surface area contributed by atoms with Crippen LogP contribution in [-0.4, -0.2) is 35.8 Å². The molecule has 2 aliphatic rings. The Morgan fingerprint density at radius 3 is 2.76 bits per heavy atom. The van der Waals surface area contributed by atoms with E-state index in [1.165, 1.54) is 0 Å². The van der Waals surface area contributed by atoms with Crippen molar-refractivity contribution in [2.24, 2.45) is 5.92 Å². The predicted molar refractivity (Wildman–Crippen MR) is 63.3 cm³/mol. The van der Waals surface area contributed by atoms with Crippen molar-refractivity contribution in [2.75, 3.05) is 6.61 Å². The van der Waals surface area contributed by atoms with Crippen LogP contribution in [0.25, 0.3) is 0 Å². The SMILES string of the molecule is CCC(C)C1=C[C@@H](O)[C@@H]([C@H]2COC(C)(C)O2)O1. The fourth-order valence-corrected chi connectivity index (χ4v) is 2.18. The summed E-state index contributed by atoms with van der Waals surface area (Å²) < 4.78 is 17.0. The number of allylic oxidation sites excluding steroid dienone is 1. The van der Waals surface area contributed by atoms with Gasteiger partial charge in [0.15, 0.2) is 11.9 Å². The van der Waals surface area contributed by atoms with Crippen LogP contribution in [0.3, 0.4) is 0 Å². The Kier molecular flexibility index (Phi) is 3.48. The molecule has 0 aliphatic carbocycles. The van der Waals surface area contributed by atoms with Gasteiger partial charge in [0.25, 0.3) is 0 Å². The lowest BCUT2D eigenvalue weighted by atomic mass is 10.1.